The molecule has 2 atom stereocenters. The maximum atomic E-state index is 11.9. The Hall–Kier alpha value is -1.51. The fraction of sp³-hybridized carbons (Fsp3) is 0.533. The van der Waals surface area contributed by atoms with Gasteiger partial charge in [0.25, 0.3) is 5.91 Å². The molecule has 1 aliphatic carbocycles. The quantitative estimate of drug-likeness (QED) is 0.889. The molecule has 2 unspecified atom stereocenters. The first-order valence-electron chi connectivity index (χ1n) is 6.64. The molecule has 1 amide bonds. The molecule has 98 valence electrons. The minimum atomic E-state index is 0.0541. The van der Waals surface area contributed by atoms with Gasteiger partial charge in [-0.1, -0.05) is 13.0 Å². The lowest BCUT2D eigenvalue weighted by Gasteiger charge is -2.16. The van der Waals surface area contributed by atoms with Gasteiger partial charge < -0.3 is 10.2 Å². The zero-order valence-electron chi connectivity index (χ0n) is 11.4. The van der Waals surface area contributed by atoms with E-state index >= 15 is 0 Å². The Morgan fingerprint density at radius 1 is 1.33 bits per heavy atom. The summed E-state index contributed by atoms with van der Waals surface area (Å²) in [7, 11) is 3.56. The predicted molar refractivity (Wildman–Crippen MR) is 74.9 cm³/mol. The zero-order valence-corrected chi connectivity index (χ0v) is 11.4. The van der Waals surface area contributed by atoms with Crippen LogP contribution in [0.15, 0.2) is 24.3 Å². The van der Waals surface area contributed by atoms with Gasteiger partial charge in [-0.15, -0.1) is 0 Å². The molecule has 1 aliphatic rings. The van der Waals surface area contributed by atoms with Crippen molar-refractivity contribution in [3.05, 3.63) is 29.8 Å². The highest BCUT2D eigenvalue weighted by atomic mass is 16.2. The molecule has 0 saturated heterocycles. The standard InChI is InChI=1S/C15H22N2O/c1-11-7-8-14(9-11)16-13-6-4-5-12(10-13)15(18)17(2)3/h4-6,10-11,14,16H,7-9H2,1-3H3. The molecule has 0 bridgehead atoms. The van der Waals surface area contributed by atoms with E-state index in [1.165, 1.54) is 19.3 Å². The molecule has 3 heteroatoms. The number of rotatable bonds is 3. The molecule has 2 rings (SSSR count). The Morgan fingerprint density at radius 2 is 2.11 bits per heavy atom. The molecule has 0 spiro atoms. The fourth-order valence-corrected chi connectivity index (χ4v) is 2.57. The van der Waals surface area contributed by atoms with Crippen LogP contribution in [-0.2, 0) is 0 Å². The van der Waals surface area contributed by atoms with Gasteiger partial charge in [0.05, 0.1) is 0 Å². The highest BCUT2D eigenvalue weighted by molar-refractivity contribution is 5.94. The normalized spacial score (nSPS) is 22.8. The van der Waals surface area contributed by atoms with Crippen molar-refractivity contribution in [2.75, 3.05) is 19.4 Å². The van der Waals surface area contributed by atoms with Gasteiger partial charge in [0, 0.05) is 31.4 Å². The van der Waals surface area contributed by atoms with E-state index in [9.17, 15) is 4.79 Å². The summed E-state index contributed by atoms with van der Waals surface area (Å²) in [6, 6.07) is 8.35. The Kier molecular flexibility index (Phi) is 3.90. The largest absolute Gasteiger partial charge is 0.382 e. The number of nitrogens with zero attached hydrogens (tertiary/aromatic N) is 1. The van der Waals surface area contributed by atoms with E-state index in [-0.39, 0.29) is 5.91 Å². The number of hydrogen-bond donors (Lipinski definition) is 1. The van der Waals surface area contributed by atoms with Gasteiger partial charge >= 0.3 is 0 Å². The summed E-state index contributed by atoms with van der Waals surface area (Å²) >= 11 is 0. The SMILES string of the molecule is CC1CCC(Nc2cccc(C(=O)N(C)C)c2)C1. The second-order valence-electron chi connectivity index (χ2n) is 5.54. The average molecular weight is 246 g/mol. The van der Waals surface area contributed by atoms with E-state index < -0.39 is 0 Å². The maximum Gasteiger partial charge on any atom is 0.253 e. The van der Waals surface area contributed by atoms with Crippen LogP contribution in [0.4, 0.5) is 5.69 Å². The lowest BCUT2D eigenvalue weighted by atomic mass is 10.1. The number of carbonyl (C=O) groups is 1. The number of nitrogens with one attached hydrogen (secondary N) is 1. The van der Waals surface area contributed by atoms with Gasteiger partial charge in [0.2, 0.25) is 0 Å². The summed E-state index contributed by atoms with van der Waals surface area (Å²) in [5.41, 5.74) is 1.80. The van der Waals surface area contributed by atoms with Crippen molar-refractivity contribution < 1.29 is 4.79 Å². The maximum absolute atomic E-state index is 11.9. The van der Waals surface area contributed by atoms with Gasteiger partial charge in [-0.2, -0.15) is 0 Å². The molecular formula is C15H22N2O. The summed E-state index contributed by atoms with van der Waals surface area (Å²) in [5.74, 6) is 0.868. The topological polar surface area (TPSA) is 32.3 Å². The molecule has 0 radical (unpaired) electrons. The van der Waals surface area contributed by atoms with Gasteiger partial charge in [0.15, 0.2) is 0 Å². The summed E-state index contributed by atoms with van der Waals surface area (Å²) in [6.45, 7) is 2.30. The van der Waals surface area contributed by atoms with Gasteiger partial charge in [-0.05, 0) is 43.4 Å². The summed E-state index contributed by atoms with van der Waals surface area (Å²) in [6.07, 6.45) is 3.76. The second kappa shape index (κ2) is 5.42. The van der Waals surface area contributed by atoms with Crippen molar-refractivity contribution in [3.63, 3.8) is 0 Å². The summed E-state index contributed by atoms with van der Waals surface area (Å²) in [5, 5.41) is 3.53. The van der Waals surface area contributed by atoms with Crippen LogP contribution in [0.3, 0.4) is 0 Å². The number of benzene rings is 1. The highest BCUT2D eigenvalue weighted by Gasteiger charge is 2.21. The van der Waals surface area contributed by atoms with E-state index in [0.717, 1.165) is 17.2 Å². The molecule has 1 saturated carbocycles. The Bertz CT molecular complexity index is 428. The zero-order chi connectivity index (χ0) is 13.1. The lowest BCUT2D eigenvalue weighted by Crippen LogP contribution is -2.22. The van der Waals surface area contributed by atoms with Crippen LogP contribution in [-0.4, -0.2) is 30.9 Å². The van der Waals surface area contributed by atoms with Crippen LogP contribution in [0.5, 0.6) is 0 Å². The first-order chi connectivity index (χ1) is 8.56. The molecule has 1 N–H and O–H groups in total. The minimum absolute atomic E-state index is 0.0541. The van der Waals surface area contributed by atoms with E-state index in [1.54, 1.807) is 19.0 Å². The average Bonchev–Trinajstić information content (AvgIpc) is 2.74. The van der Waals surface area contributed by atoms with Gasteiger partial charge in [0.1, 0.15) is 0 Å². The molecule has 1 aromatic rings. The third-order valence-electron chi connectivity index (χ3n) is 3.58. The van der Waals surface area contributed by atoms with Crippen molar-refractivity contribution in [3.8, 4) is 0 Å². The molecule has 0 heterocycles. The first-order valence-corrected chi connectivity index (χ1v) is 6.64. The van der Waals surface area contributed by atoms with E-state index in [0.29, 0.717) is 6.04 Å². The molecule has 18 heavy (non-hydrogen) atoms. The monoisotopic (exact) mass is 246 g/mol. The molecule has 1 aromatic carbocycles. The van der Waals surface area contributed by atoms with Crippen molar-refractivity contribution >= 4 is 11.6 Å². The third-order valence-corrected chi connectivity index (χ3v) is 3.58. The first kappa shape index (κ1) is 12.9. The Morgan fingerprint density at radius 3 is 2.72 bits per heavy atom. The van der Waals surface area contributed by atoms with Crippen molar-refractivity contribution in [1.82, 2.24) is 4.90 Å². The minimum Gasteiger partial charge on any atom is -0.382 e. The van der Waals surface area contributed by atoms with Crippen molar-refractivity contribution in [1.29, 1.82) is 0 Å². The van der Waals surface area contributed by atoms with E-state index in [1.807, 2.05) is 24.3 Å². The molecule has 0 aliphatic heterocycles. The van der Waals surface area contributed by atoms with Crippen molar-refractivity contribution in [2.24, 2.45) is 5.92 Å². The summed E-state index contributed by atoms with van der Waals surface area (Å²) < 4.78 is 0. The van der Waals surface area contributed by atoms with Crippen LogP contribution in [0.1, 0.15) is 36.5 Å². The van der Waals surface area contributed by atoms with Gasteiger partial charge in [-0.3, -0.25) is 4.79 Å². The molecule has 3 nitrogen and oxygen atoms in total. The second-order valence-corrected chi connectivity index (χ2v) is 5.54. The number of hydrogen-bond acceptors (Lipinski definition) is 2. The smallest absolute Gasteiger partial charge is 0.253 e. The van der Waals surface area contributed by atoms with Gasteiger partial charge in [-0.25, -0.2) is 0 Å². The Labute approximate surface area is 109 Å². The third kappa shape index (κ3) is 3.03. The van der Waals surface area contributed by atoms with E-state index in [4.69, 9.17) is 0 Å². The predicted octanol–water partition coefficient (Wildman–Crippen LogP) is 2.99. The molecule has 0 aromatic heterocycles. The molecule has 1 fully saturated rings. The summed E-state index contributed by atoms with van der Waals surface area (Å²) in [4.78, 5) is 13.5. The number of amides is 1. The van der Waals surface area contributed by atoms with Crippen LogP contribution < -0.4 is 5.32 Å². The number of anilines is 1. The van der Waals surface area contributed by atoms with E-state index in [2.05, 4.69) is 12.2 Å². The van der Waals surface area contributed by atoms with Crippen molar-refractivity contribution in [2.45, 2.75) is 32.2 Å². The Balaban J connectivity index is 2.05. The number of carbonyl (C=O) groups excluding carboxylic acids is 1. The molecular weight excluding hydrogens is 224 g/mol. The van der Waals surface area contributed by atoms with Crippen LogP contribution in [0, 0.1) is 5.92 Å². The highest BCUT2D eigenvalue weighted by Crippen LogP contribution is 2.27. The lowest BCUT2D eigenvalue weighted by molar-refractivity contribution is 0.0827. The van der Waals surface area contributed by atoms with Crippen LogP contribution >= 0.6 is 0 Å². The fourth-order valence-electron chi connectivity index (χ4n) is 2.57. The van der Waals surface area contributed by atoms with Crippen LogP contribution in [0.25, 0.3) is 0 Å². The van der Waals surface area contributed by atoms with Crippen LogP contribution in [0.2, 0.25) is 0 Å².